The fourth-order valence-electron chi connectivity index (χ4n) is 2.82. The van der Waals surface area contributed by atoms with Crippen LogP contribution in [0.5, 0.6) is 0 Å². The number of benzene rings is 1. The summed E-state index contributed by atoms with van der Waals surface area (Å²) in [7, 11) is 0. The minimum Gasteiger partial charge on any atom is -0.481 e. The first-order chi connectivity index (χ1) is 9.28. The molecule has 0 bridgehead atoms. The van der Waals surface area contributed by atoms with E-state index in [1.165, 1.54) is 0 Å². The third kappa shape index (κ3) is 2.40. The zero-order valence-electron chi connectivity index (χ0n) is 10.7. The minimum absolute atomic E-state index is 0.227. The Morgan fingerprint density at radius 2 is 1.80 bits per heavy atom. The van der Waals surface area contributed by atoms with Gasteiger partial charge in [0.25, 0.3) is 0 Å². The quantitative estimate of drug-likeness (QED) is 0.879. The van der Waals surface area contributed by atoms with Crippen LogP contribution >= 0.6 is 0 Å². The fourth-order valence-corrected chi connectivity index (χ4v) is 2.82. The molecule has 1 aliphatic carbocycles. The Morgan fingerprint density at radius 3 is 2.25 bits per heavy atom. The van der Waals surface area contributed by atoms with Gasteiger partial charge in [-0.05, 0) is 30.5 Å². The SMILES string of the molecule is O=C(O)C1(c2ccc(C(F)(F)F)cc2)CCCCC1O. The largest absolute Gasteiger partial charge is 0.481 e. The van der Waals surface area contributed by atoms with Crippen LogP contribution in [0.4, 0.5) is 13.2 Å². The minimum atomic E-state index is -4.46. The van der Waals surface area contributed by atoms with Gasteiger partial charge in [0.05, 0.1) is 11.7 Å². The smallest absolute Gasteiger partial charge is 0.416 e. The molecule has 2 N–H and O–H groups in total. The van der Waals surface area contributed by atoms with Gasteiger partial charge in [0, 0.05) is 0 Å². The van der Waals surface area contributed by atoms with Crippen LogP contribution in [0.3, 0.4) is 0 Å². The highest BCUT2D eigenvalue weighted by molar-refractivity contribution is 5.82. The molecule has 2 unspecified atom stereocenters. The Bertz CT molecular complexity index is 495. The van der Waals surface area contributed by atoms with Crippen LogP contribution in [-0.4, -0.2) is 22.3 Å². The summed E-state index contributed by atoms with van der Waals surface area (Å²) in [4.78, 5) is 11.6. The summed E-state index contributed by atoms with van der Waals surface area (Å²) in [5, 5.41) is 19.5. The molecular weight excluding hydrogens is 273 g/mol. The molecule has 0 amide bonds. The number of hydrogen-bond acceptors (Lipinski definition) is 2. The van der Waals surface area contributed by atoms with Gasteiger partial charge in [0.2, 0.25) is 0 Å². The van der Waals surface area contributed by atoms with Gasteiger partial charge in [-0.3, -0.25) is 4.79 Å². The summed E-state index contributed by atoms with van der Waals surface area (Å²) < 4.78 is 37.6. The molecule has 20 heavy (non-hydrogen) atoms. The fraction of sp³-hybridized carbons (Fsp3) is 0.500. The predicted molar refractivity (Wildman–Crippen MR) is 65.2 cm³/mol. The van der Waals surface area contributed by atoms with Crippen LogP contribution in [0.1, 0.15) is 36.8 Å². The van der Waals surface area contributed by atoms with E-state index in [0.717, 1.165) is 30.7 Å². The van der Waals surface area contributed by atoms with Crippen molar-refractivity contribution in [3.05, 3.63) is 35.4 Å². The van der Waals surface area contributed by atoms with Gasteiger partial charge in [0.15, 0.2) is 0 Å². The first kappa shape index (κ1) is 14.8. The monoisotopic (exact) mass is 288 g/mol. The van der Waals surface area contributed by atoms with E-state index in [-0.39, 0.29) is 12.0 Å². The zero-order valence-corrected chi connectivity index (χ0v) is 10.7. The van der Waals surface area contributed by atoms with E-state index in [2.05, 4.69) is 0 Å². The highest BCUT2D eigenvalue weighted by Gasteiger charge is 2.48. The third-order valence-electron chi connectivity index (χ3n) is 3.98. The molecule has 3 nitrogen and oxygen atoms in total. The van der Waals surface area contributed by atoms with E-state index in [4.69, 9.17) is 0 Å². The lowest BCUT2D eigenvalue weighted by atomic mass is 9.67. The number of alkyl halides is 3. The molecule has 1 aliphatic rings. The molecule has 1 aromatic rings. The molecule has 1 fully saturated rings. The summed E-state index contributed by atoms with van der Waals surface area (Å²) in [5.74, 6) is -1.19. The van der Waals surface area contributed by atoms with Crippen molar-refractivity contribution in [2.75, 3.05) is 0 Å². The second-order valence-corrected chi connectivity index (χ2v) is 5.11. The Hall–Kier alpha value is -1.56. The molecule has 0 spiro atoms. The summed E-state index contributed by atoms with van der Waals surface area (Å²) in [6.07, 6.45) is -3.62. The number of rotatable bonds is 2. The second kappa shape index (κ2) is 5.09. The first-order valence-electron chi connectivity index (χ1n) is 6.37. The molecule has 6 heteroatoms. The van der Waals surface area contributed by atoms with Gasteiger partial charge in [-0.25, -0.2) is 0 Å². The van der Waals surface area contributed by atoms with E-state index in [1.54, 1.807) is 0 Å². The number of carboxylic acids is 1. The van der Waals surface area contributed by atoms with Crippen LogP contribution in [-0.2, 0) is 16.4 Å². The highest BCUT2D eigenvalue weighted by atomic mass is 19.4. The average molecular weight is 288 g/mol. The van der Waals surface area contributed by atoms with Gasteiger partial charge in [0.1, 0.15) is 5.41 Å². The van der Waals surface area contributed by atoms with Crippen LogP contribution in [0, 0.1) is 0 Å². The molecule has 2 atom stereocenters. The van der Waals surface area contributed by atoms with Crippen molar-refractivity contribution in [1.29, 1.82) is 0 Å². The summed E-state index contributed by atoms with van der Waals surface area (Å²) >= 11 is 0. The van der Waals surface area contributed by atoms with Crippen molar-refractivity contribution in [3.63, 3.8) is 0 Å². The van der Waals surface area contributed by atoms with E-state index in [0.29, 0.717) is 12.8 Å². The van der Waals surface area contributed by atoms with Crippen LogP contribution < -0.4 is 0 Å². The van der Waals surface area contributed by atoms with Crippen molar-refractivity contribution in [2.45, 2.75) is 43.4 Å². The maximum absolute atomic E-state index is 12.5. The molecule has 1 saturated carbocycles. The maximum Gasteiger partial charge on any atom is 0.416 e. The van der Waals surface area contributed by atoms with E-state index >= 15 is 0 Å². The molecule has 1 aromatic carbocycles. The lowest BCUT2D eigenvalue weighted by Crippen LogP contribution is -2.48. The summed E-state index contributed by atoms with van der Waals surface area (Å²) in [5.41, 5.74) is -2.10. The van der Waals surface area contributed by atoms with Gasteiger partial charge in [-0.2, -0.15) is 13.2 Å². The van der Waals surface area contributed by atoms with Crippen molar-refractivity contribution in [2.24, 2.45) is 0 Å². The van der Waals surface area contributed by atoms with Gasteiger partial charge >= 0.3 is 12.1 Å². The van der Waals surface area contributed by atoms with Gasteiger partial charge in [-0.15, -0.1) is 0 Å². The number of carboxylic acid groups (broad SMARTS) is 1. The maximum atomic E-state index is 12.5. The van der Waals surface area contributed by atoms with Crippen LogP contribution in [0.15, 0.2) is 24.3 Å². The predicted octanol–water partition coefficient (Wildman–Crippen LogP) is 2.96. The molecule has 0 saturated heterocycles. The van der Waals surface area contributed by atoms with Gasteiger partial charge < -0.3 is 10.2 Å². The second-order valence-electron chi connectivity index (χ2n) is 5.11. The Kier molecular flexibility index (Phi) is 3.77. The van der Waals surface area contributed by atoms with Crippen molar-refractivity contribution < 1.29 is 28.2 Å². The lowest BCUT2D eigenvalue weighted by molar-refractivity contribution is -0.151. The Balaban J connectivity index is 2.43. The van der Waals surface area contributed by atoms with Crippen LogP contribution in [0.2, 0.25) is 0 Å². The molecule has 0 heterocycles. The van der Waals surface area contributed by atoms with Crippen molar-refractivity contribution >= 4 is 5.97 Å². The van der Waals surface area contributed by atoms with E-state index in [9.17, 15) is 28.2 Å². The number of carbonyl (C=O) groups is 1. The lowest BCUT2D eigenvalue weighted by Gasteiger charge is -2.38. The number of aliphatic hydroxyl groups excluding tert-OH is 1. The molecular formula is C14H15F3O3. The molecule has 2 rings (SSSR count). The third-order valence-corrected chi connectivity index (χ3v) is 3.98. The zero-order chi connectivity index (χ0) is 15.0. The number of hydrogen-bond donors (Lipinski definition) is 2. The Labute approximate surface area is 114 Å². The van der Waals surface area contributed by atoms with Crippen LogP contribution in [0.25, 0.3) is 0 Å². The molecule has 0 aliphatic heterocycles. The Morgan fingerprint density at radius 1 is 1.20 bits per heavy atom. The summed E-state index contributed by atoms with van der Waals surface area (Å²) in [6, 6.07) is 4.04. The normalized spacial score (nSPS) is 27.3. The standard InChI is InChI=1S/C14H15F3O3/c15-14(16,17)10-6-4-9(5-7-10)13(12(19)20)8-2-1-3-11(13)18/h4-7,11,18H,1-3,8H2,(H,19,20). The van der Waals surface area contributed by atoms with E-state index < -0.39 is 29.2 Å². The summed E-state index contributed by atoms with van der Waals surface area (Å²) in [6.45, 7) is 0. The highest BCUT2D eigenvalue weighted by Crippen LogP contribution is 2.41. The first-order valence-corrected chi connectivity index (χ1v) is 6.37. The topological polar surface area (TPSA) is 57.5 Å². The van der Waals surface area contributed by atoms with Crippen molar-refractivity contribution in [1.82, 2.24) is 0 Å². The molecule has 0 radical (unpaired) electrons. The molecule has 110 valence electrons. The number of aliphatic carboxylic acids is 1. The van der Waals surface area contributed by atoms with E-state index in [1.807, 2.05) is 0 Å². The van der Waals surface area contributed by atoms with Crippen molar-refractivity contribution in [3.8, 4) is 0 Å². The number of aliphatic hydroxyl groups is 1. The van der Waals surface area contributed by atoms with Gasteiger partial charge in [-0.1, -0.05) is 25.0 Å². The average Bonchev–Trinajstić information content (AvgIpc) is 2.38. The number of halogens is 3. The molecule has 0 aromatic heterocycles.